The molecule has 6 nitrogen and oxygen atoms in total. The fraction of sp³-hybridized carbons (Fsp3) is 0.818. The molecular weight excluding hydrogens is 222 g/mol. The third-order valence-corrected chi connectivity index (χ3v) is 2.11. The van der Waals surface area contributed by atoms with Crippen LogP contribution in [-0.2, 0) is 9.59 Å². The van der Waals surface area contributed by atoms with E-state index in [2.05, 4.69) is 10.6 Å². The lowest BCUT2D eigenvalue weighted by Crippen LogP contribution is -2.51. The van der Waals surface area contributed by atoms with Gasteiger partial charge in [0, 0.05) is 20.0 Å². The fourth-order valence-electron chi connectivity index (χ4n) is 1.54. The Labute approximate surface area is 102 Å². The van der Waals surface area contributed by atoms with Gasteiger partial charge in [-0.05, 0) is 27.9 Å². The minimum Gasteiger partial charge on any atom is -0.387 e. The van der Waals surface area contributed by atoms with Crippen LogP contribution in [0.4, 0.5) is 0 Å². The largest absolute Gasteiger partial charge is 0.387 e. The Morgan fingerprint density at radius 1 is 1.41 bits per heavy atom. The van der Waals surface area contributed by atoms with Crippen LogP contribution in [0.1, 0.15) is 20.8 Å². The molecule has 0 aromatic heterocycles. The molecule has 17 heavy (non-hydrogen) atoms. The van der Waals surface area contributed by atoms with Crippen LogP contribution in [0.5, 0.6) is 0 Å². The first-order valence-corrected chi connectivity index (χ1v) is 5.56. The van der Waals surface area contributed by atoms with E-state index in [4.69, 9.17) is 0 Å². The Morgan fingerprint density at radius 2 is 1.94 bits per heavy atom. The summed E-state index contributed by atoms with van der Waals surface area (Å²) in [5.74, 6) is -0.563. The van der Waals surface area contributed by atoms with Gasteiger partial charge in [0.05, 0.1) is 5.60 Å². The number of carbonyl (C=O) groups is 2. The number of rotatable bonds is 6. The monoisotopic (exact) mass is 245 g/mol. The van der Waals surface area contributed by atoms with Crippen molar-refractivity contribution >= 4 is 11.8 Å². The summed E-state index contributed by atoms with van der Waals surface area (Å²) in [5.41, 5.74) is -0.991. The molecule has 3 N–H and O–H groups in total. The molecule has 0 aliphatic heterocycles. The lowest BCUT2D eigenvalue weighted by molar-refractivity contribution is -0.128. The maximum Gasteiger partial charge on any atom is 0.242 e. The summed E-state index contributed by atoms with van der Waals surface area (Å²) >= 11 is 0. The SMILES string of the molecule is CC(=O)NC(C)C(=O)NCC(C)(O)CN(C)C. The standard InChI is InChI=1S/C11H23N3O3/c1-8(13-9(2)15)10(16)12-6-11(3,17)7-14(4)5/h8,17H,6-7H2,1-5H3,(H,12,16)(H,13,15). The highest BCUT2D eigenvalue weighted by Crippen LogP contribution is 2.02. The normalized spacial score (nSPS) is 16.2. The van der Waals surface area contributed by atoms with E-state index in [-0.39, 0.29) is 18.4 Å². The van der Waals surface area contributed by atoms with Crippen molar-refractivity contribution in [2.75, 3.05) is 27.2 Å². The summed E-state index contributed by atoms with van der Waals surface area (Å²) in [4.78, 5) is 24.2. The highest BCUT2D eigenvalue weighted by molar-refractivity contribution is 5.86. The van der Waals surface area contributed by atoms with Crippen LogP contribution in [0.3, 0.4) is 0 Å². The third-order valence-electron chi connectivity index (χ3n) is 2.11. The molecule has 0 heterocycles. The highest BCUT2D eigenvalue weighted by atomic mass is 16.3. The Hall–Kier alpha value is -1.14. The Kier molecular flexibility index (Phi) is 6.12. The molecule has 2 unspecified atom stereocenters. The minimum absolute atomic E-state index is 0.147. The number of likely N-dealkylation sites (N-methyl/N-ethyl adjacent to an activating group) is 1. The van der Waals surface area contributed by atoms with Crippen molar-refractivity contribution in [2.24, 2.45) is 0 Å². The second-order valence-electron chi connectivity index (χ2n) is 4.87. The van der Waals surface area contributed by atoms with Gasteiger partial charge in [-0.2, -0.15) is 0 Å². The van der Waals surface area contributed by atoms with Crippen molar-refractivity contribution in [3.8, 4) is 0 Å². The minimum atomic E-state index is -0.991. The molecule has 0 aromatic rings. The van der Waals surface area contributed by atoms with E-state index in [0.29, 0.717) is 6.54 Å². The first-order chi connectivity index (χ1) is 7.64. The van der Waals surface area contributed by atoms with Gasteiger partial charge < -0.3 is 20.6 Å². The summed E-state index contributed by atoms with van der Waals surface area (Å²) in [5, 5.41) is 15.0. The predicted molar refractivity (Wildman–Crippen MR) is 65.5 cm³/mol. The van der Waals surface area contributed by atoms with E-state index in [1.165, 1.54) is 6.92 Å². The number of nitrogens with one attached hydrogen (secondary N) is 2. The summed E-state index contributed by atoms with van der Waals surface area (Å²) < 4.78 is 0. The smallest absolute Gasteiger partial charge is 0.242 e. The number of carbonyl (C=O) groups excluding carboxylic acids is 2. The second kappa shape index (κ2) is 6.56. The van der Waals surface area contributed by atoms with Gasteiger partial charge in [0.15, 0.2) is 0 Å². The summed E-state index contributed by atoms with van der Waals surface area (Å²) in [6, 6.07) is -0.595. The zero-order chi connectivity index (χ0) is 13.6. The van der Waals surface area contributed by atoms with E-state index in [1.54, 1.807) is 13.8 Å². The summed E-state index contributed by atoms with van der Waals surface area (Å²) in [6.07, 6.45) is 0. The average molecular weight is 245 g/mol. The predicted octanol–water partition coefficient (Wildman–Crippen LogP) is -1.06. The number of aliphatic hydroxyl groups is 1. The van der Waals surface area contributed by atoms with E-state index < -0.39 is 11.6 Å². The molecule has 0 aromatic carbocycles. The van der Waals surface area contributed by atoms with Gasteiger partial charge in [0.2, 0.25) is 11.8 Å². The average Bonchev–Trinajstić information content (AvgIpc) is 2.11. The molecule has 0 bridgehead atoms. The summed E-state index contributed by atoms with van der Waals surface area (Å²) in [6.45, 7) is 5.19. The Bertz CT molecular complexity index is 277. The number of hydrogen-bond donors (Lipinski definition) is 3. The fourth-order valence-corrected chi connectivity index (χ4v) is 1.54. The number of amides is 2. The molecule has 0 aliphatic carbocycles. The lowest BCUT2D eigenvalue weighted by atomic mass is 10.1. The van der Waals surface area contributed by atoms with Crippen LogP contribution >= 0.6 is 0 Å². The molecule has 0 fully saturated rings. The Morgan fingerprint density at radius 3 is 2.35 bits per heavy atom. The molecule has 6 heteroatoms. The van der Waals surface area contributed by atoms with Crippen molar-refractivity contribution in [3.63, 3.8) is 0 Å². The van der Waals surface area contributed by atoms with Crippen LogP contribution in [0.2, 0.25) is 0 Å². The second-order valence-corrected chi connectivity index (χ2v) is 4.87. The third kappa shape index (κ3) is 7.70. The molecule has 0 rings (SSSR count). The van der Waals surface area contributed by atoms with Gasteiger partial charge in [-0.1, -0.05) is 0 Å². The first-order valence-electron chi connectivity index (χ1n) is 5.56. The van der Waals surface area contributed by atoms with E-state index in [0.717, 1.165) is 0 Å². The number of nitrogens with zero attached hydrogens (tertiary/aromatic N) is 1. The number of hydrogen-bond acceptors (Lipinski definition) is 4. The van der Waals surface area contributed by atoms with Gasteiger partial charge in [0.25, 0.3) is 0 Å². The van der Waals surface area contributed by atoms with Crippen LogP contribution in [-0.4, -0.2) is 60.6 Å². The van der Waals surface area contributed by atoms with Gasteiger partial charge >= 0.3 is 0 Å². The van der Waals surface area contributed by atoms with Crippen molar-refractivity contribution in [2.45, 2.75) is 32.4 Å². The van der Waals surface area contributed by atoms with Gasteiger partial charge in [0.1, 0.15) is 6.04 Å². The molecule has 2 atom stereocenters. The lowest BCUT2D eigenvalue weighted by Gasteiger charge is -2.27. The van der Waals surface area contributed by atoms with E-state index in [1.807, 2.05) is 19.0 Å². The van der Waals surface area contributed by atoms with Crippen molar-refractivity contribution in [1.82, 2.24) is 15.5 Å². The molecular formula is C11H23N3O3. The molecule has 0 radical (unpaired) electrons. The first kappa shape index (κ1) is 15.9. The topological polar surface area (TPSA) is 81.7 Å². The van der Waals surface area contributed by atoms with Gasteiger partial charge in [-0.15, -0.1) is 0 Å². The quantitative estimate of drug-likeness (QED) is 0.557. The van der Waals surface area contributed by atoms with Gasteiger partial charge in [-0.25, -0.2) is 0 Å². The zero-order valence-corrected chi connectivity index (χ0v) is 11.2. The maximum absolute atomic E-state index is 11.6. The van der Waals surface area contributed by atoms with E-state index in [9.17, 15) is 14.7 Å². The van der Waals surface area contributed by atoms with Crippen LogP contribution in [0.25, 0.3) is 0 Å². The summed E-state index contributed by atoms with van der Waals surface area (Å²) in [7, 11) is 3.69. The van der Waals surface area contributed by atoms with Gasteiger partial charge in [-0.3, -0.25) is 9.59 Å². The maximum atomic E-state index is 11.6. The van der Waals surface area contributed by atoms with Crippen LogP contribution in [0, 0.1) is 0 Å². The van der Waals surface area contributed by atoms with E-state index >= 15 is 0 Å². The zero-order valence-electron chi connectivity index (χ0n) is 11.2. The molecule has 0 saturated heterocycles. The van der Waals surface area contributed by atoms with Crippen molar-refractivity contribution in [1.29, 1.82) is 0 Å². The molecule has 0 saturated carbocycles. The van der Waals surface area contributed by atoms with Crippen LogP contribution in [0.15, 0.2) is 0 Å². The Balaban J connectivity index is 4.10. The van der Waals surface area contributed by atoms with Crippen molar-refractivity contribution in [3.05, 3.63) is 0 Å². The molecule has 0 spiro atoms. The highest BCUT2D eigenvalue weighted by Gasteiger charge is 2.23. The molecule has 2 amide bonds. The van der Waals surface area contributed by atoms with Crippen molar-refractivity contribution < 1.29 is 14.7 Å². The molecule has 0 aliphatic rings. The van der Waals surface area contributed by atoms with Crippen LogP contribution < -0.4 is 10.6 Å². The molecule has 100 valence electrons.